The smallest absolute Gasteiger partial charge is 0.406 e. The molecule has 0 fully saturated rings. The standard InChI is InChI=1S/C16H10ClF3N4O3/c17-10-2-1-3-11(8-10)21-14(25)23-15-22-13(24-27-15)9-4-6-12(7-5-9)26-16(18,19)20/h1-8H,(H2,21,22,23,24,25). The van der Waals surface area contributed by atoms with Crippen molar-refractivity contribution in [2.24, 2.45) is 0 Å². The monoisotopic (exact) mass is 398 g/mol. The lowest BCUT2D eigenvalue weighted by molar-refractivity contribution is -0.274. The van der Waals surface area contributed by atoms with E-state index in [4.69, 9.17) is 16.1 Å². The summed E-state index contributed by atoms with van der Waals surface area (Å²) in [5.41, 5.74) is 0.830. The van der Waals surface area contributed by atoms with Crippen LogP contribution in [0.1, 0.15) is 0 Å². The minimum absolute atomic E-state index is 0.0756. The number of amides is 2. The van der Waals surface area contributed by atoms with Crippen LogP contribution in [0.3, 0.4) is 0 Å². The van der Waals surface area contributed by atoms with Crippen LogP contribution in [-0.2, 0) is 0 Å². The van der Waals surface area contributed by atoms with Crippen molar-refractivity contribution in [3.63, 3.8) is 0 Å². The molecule has 0 atom stereocenters. The zero-order valence-corrected chi connectivity index (χ0v) is 14.0. The van der Waals surface area contributed by atoms with Gasteiger partial charge in [0.1, 0.15) is 5.75 Å². The largest absolute Gasteiger partial charge is 0.573 e. The molecule has 7 nitrogen and oxygen atoms in total. The van der Waals surface area contributed by atoms with Crippen LogP contribution in [0, 0.1) is 0 Å². The highest BCUT2D eigenvalue weighted by Gasteiger charge is 2.31. The number of hydrogen-bond acceptors (Lipinski definition) is 5. The van der Waals surface area contributed by atoms with Crippen LogP contribution in [0.5, 0.6) is 5.75 Å². The van der Waals surface area contributed by atoms with Crippen molar-refractivity contribution in [3.8, 4) is 17.1 Å². The molecule has 0 saturated heterocycles. The molecule has 11 heteroatoms. The van der Waals surface area contributed by atoms with Gasteiger partial charge in [-0.1, -0.05) is 22.8 Å². The normalized spacial score (nSPS) is 11.1. The molecule has 0 aliphatic heterocycles. The van der Waals surface area contributed by atoms with Gasteiger partial charge in [0.05, 0.1) is 0 Å². The van der Waals surface area contributed by atoms with Crippen LogP contribution < -0.4 is 15.4 Å². The molecule has 2 N–H and O–H groups in total. The molecular formula is C16H10ClF3N4O3. The fraction of sp³-hybridized carbons (Fsp3) is 0.0625. The molecule has 0 bridgehead atoms. The van der Waals surface area contributed by atoms with Gasteiger partial charge in [0, 0.05) is 16.3 Å². The summed E-state index contributed by atoms with van der Waals surface area (Å²) in [5.74, 6) is -0.305. The number of rotatable bonds is 4. The van der Waals surface area contributed by atoms with E-state index in [1.165, 1.54) is 12.1 Å². The molecule has 0 unspecified atom stereocenters. The van der Waals surface area contributed by atoms with Gasteiger partial charge >= 0.3 is 18.4 Å². The second-order valence-electron chi connectivity index (χ2n) is 5.08. The van der Waals surface area contributed by atoms with E-state index in [9.17, 15) is 18.0 Å². The first-order valence-corrected chi connectivity index (χ1v) is 7.70. The third-order valence-corrected chi connectivity index (χ3v) is 3.31. The van der Waals surface area contributed by atoms with Crippen molar-refractivity contribution in [3.05, 3.63) is 53.6 Å². The Balaban J connectivity index is 1.63. The van der Waals surface area contributed by atoms with Crippen LogP contribution in [0.4, 0.5) is 29.7 Å². The van der Waals surface area contributed by atoms with E-state index in [0.717, 1.165) is 12.1 Å². The molecule has 140 valence electrons. The predicted molar refractivity (Wildman–Crippen MR) is 90.5 cm³/mol. The number of urea groups is 1. The Hall–Kier alpha value is -3.27. The fourth-order valence-electron chi connectivity index (χ4n) is 2.02. The lowest BCUT2D eigenvalue weighted by Gasteiger charge is -2.08. The van der Waals surface area contributed by atoms with Gasteiger partial charge in [-0.2, -0.15) is 4.98 Å². The number of benzene rings is 2. The van der Waals surface area contributed by atoms with Gasteiger partial charge in [-0.3, -0.25) is 5.32 Å². The van der Waals surface area contributed by atoms with Crippen LogP contribution in [0.15, 0.2) is 53.1 Å². The molecule has 27 heavy (non-hydrogen) atoms. The van der Waals surface area contributed by atoms with Crippen molar-refractivity contribution < 1.29 is 27.2 Å². The van der Waals surface area contributed by atoms with Crippen molar-refractivity contribution >= 4 is 29.3 Å². The summed E-state index contributed by atoms with van der Waals surface area (Å²) in [7, 11) is 0. The maximum atomic E-state index is 12.2. The SMILES string of the molecule is O=C(Nc1cccc(Cl)c1)Nc1nc(-c2ccc(OC(F)(F)F)cc2)no1. The van der Waals surface area contributed by atoms with Crippen LogP contribution in [-0.4, -0.2) is 22.5 Å². The fourth-order valence-corrected chi connectivity index (χ4v) is 2.21. The maximum absolute atomic E-state index is 12.2. The van der Waals surface area contributed by atoms with Gasteiger partial charge in [-0.25, -0.2) is 4.79 Å². The predicted octanol–water partition coefficient (Wildman–Crippen LogP) is 4.93. The highest BCUT2D eigenvalue weighted by Crippen LogP contribution is 2.25. The average molecular weight is 399 g/mol. The molecular weight excluding hydrogens is 389 g/mol. The Labute approximate surface area is 155 Å². The first kappa shape index (κ1) is 18.5. The molecule has 2 amide bonds. The minimum Gasteiger partial charge on any atom is -0.406 e. The molecule has 0 saturated carbocycles. The van der Waals surface area contributed by atoms with E-state index < -0.39 is 12.4 Å². The summed E-state index contributed by atoms with van der Waals surface area (Å²) >= 11 is 5.82. The average Bonchev–Trinajstić information content (AvgIpc) is 3.02. The van der Waals surface area contributed by atoms with Gasteiger partial charge in [0.15, 0.2) is 0 Å². The summed E-state index contributed by atoms with van der Waals surface area (Å²) in [5, 5.41) is 8.96. The van der Waals surface area contributed by atoms with Crippen LogP contribution in [0.2, 0.25) is 5.02 Å². The quantitative estimate of drug-likeness (QED) is 0.650. The number of nitrogens with one attached hydrogen (secondary N) is 2. The van der Waals surface area contributed by atoms with Crippen molar-refractivity contribution in [2.45, 2.75) is 6.36 Å². The Kier molecular flexibility index (Phi) is 5.17. The van der Waals surface area contributed by atoms with E-state index in [1.54, 1.807) is 24.3 Å². The Morgan fingerprint density at radius 2 is 1.85 bits per heavy atom. The highest BCUT2D eigenvalue weighted by molar-refractivity contribution is 6.30. The zero-order valence-electron chi connectivity index (χ0n) is 13.2. The second-order valence-corrected chi connectivity index (χ2v) is 5.52. The molecule has 1 aromatic heterocycles. The number of nitrogens with zero attached hydrogens (tertiary/aromatic N) is 2. The molecule has 2 aromatic carbocycles. The summed E-state index contributed by atoms with van der Waals surface area (Å²) in [6.07, 6.45) is -4.78. The molecule has 3 aromatic rings. The van der Waals surface area contributed by atoms with Gasteiger partial charge < -0.3 is 14.6 Å². The van der Waals surface area contributed by atoms with Crippen LogP contribution in [0.25, 0.3) is 11.4 Å². The summed E-state index contributed by atoms with van der Waals surface area (Å²) in [4.78, 5) is 15.8. The van der Waals surface area contributed by atoms with Crippen molar-refractivity contribution in [1.29, 1.82) is 0 Å². The first-order valence-electron chi connectivity index (χ1n) is 7.32. The number of alkyl halides is 3. The zero-order chi connectivity index (χ0) is 19.4. The summed E-state index contributed by atoms with van der Waals surface area (Å²) in [6, 6.07) is 10.5. The summed E-state index contributed by atoms with van der Waals surface area (Å²) in [6.45, 7) is 0. The number of ether oxygens (including phenoxy) is 1. The lowest BCUT2D eigenvalue weighted by atomic mass is 10.2. The molecule has 0 radical (unpaired) electrons. The molecule has 1 heterocycles. The lowest BCUT2D eigenvalue weighted by Crippen LogP contribution is -2.19. The van der Waals surface area contributed by atoms with Crippen molar-refractivity contribution in [2.75, 3.05) is 10.6 Å². The topological polar surface area (TPSA) is 89.3 Å². The first-order chi connectivity index (χ1) is 12.8. The van der Waals surface area contributed by atoms with E-state index >= 15 is 0 Å². The number of aromatic nitrogens is 2. The number of anilines is 2. The van der Waals surface area contributed by atoms with Gasteiger partial charge in [-0.05, 0) is 42.5 Å². The number of carbonyl (C=O) groups is 1. The third-order valence-electron chi connectivity index (χ3n) is 3.08. The molecule has 0 spiro atoms. The number of hydrogen-bond donors (Lipinski definition) is 2. The Morgan fingerprint density at radius 3 is 2.52 bits per heavy atom. The second kappa shape index (κ2) is 7.54. The number of halogens is 4. The van der Waals surface area contributed by atoms with Gasteiger partial charge in [0.2, 0.25) is 5.82 Å². The van der Waals surface area contributed by atoms with E-state index in [0.29, 0.717) is 16.3 Å². The molecule has 0 aliphatic rings. The van der Waals surface area contributed by atoms with Gasteiger partial charge in [0.25, 0.3) is 0 Å². The van der Waals surface area contributed by atoms with Crippen LogP contribution >= 0.6 is 11.6 Å². The van der Waals surface area contributed by atoms with E-state index in [2.05, 4.69) is 25.5 Å². The summed E-state index contributed by atoms with van der Waals surface area (Å²) < 4.78 is 45.1. The Bertz CT molecular complexity index is 945. The highest BCUT2D eigenvalue weighted by atomic mass is 35.5. The van der Waals surface area contributed by atoms with Crippen molar-refractivity contribution in [1.82, 2.24) is 10.1 Å². The maximum Gasteiger partial charge on any atom is 0.573 e. The third kappa shape index (κ3) is 5.35. The number of carbonyl (C=O) groups excluding carboxylic acids is 1. The molecule has 0 aliphatic carbocycles. The van der Waals surface area contributed by atoms with Gasteiger partial charge in [-0.15, -0.1) is 13.2 Å². The molecule has 3 rings (SSSR count). The van der Waals surface area contributed by atoms with E-state index in [1.807, 2.05) is 0 Å². The Morgan fingerprint density at radius 1 is 1.11 bits per heavy atom. The minimum atomic E-state index is -4.78. The van der Waals surface area contributed by atoms with E-state index in [-0.39, 0.29) is 17.6 Å².